The first kappa shape index (κ1) is 16.1. The van der Waals surface area contributed by atoms with Crippen LogP contribution in [0.1, 0.15) is 28.4 Å². The summed E-state index contributed by atoms with van der Waals surface area (Å²) in [5.74, 6) is -1.09. The molecule has 7 heteroatoms. The van der Waals surface area contributed by atoms with E-state index in [1.165, 1.54) is 26.0 Å². The minimum Gasteiger partial charge on any atom is -0.475 e. The van der Waals surface area contributed by atoms with Crippen molar-refractivity contribution in [2.45, 2.75) is 26.1 Å². The predicted octanol–water partition coefficient (Wildman–Crippen LogP) is 3.08. The van der Waals surface area contributed by atoms with Gasteiger partial charge in [0, 0.05) is 11.1 Å². The van der Waals surface area contributed by atoms with E-state index in [0.29, 0.717) is 11.8 Å². The van der Waals surface area contributed by atoms with Crippen molar-refractivity contribution in [2.24, 2.45) is 0 Å². The number of alkyl halides is 3. The molecule has 0 spiro atoms. The summed E-state index contributed by atoms with van der Waals surface area (Å²) in [6, 6.07) is 2.78. The number of carbonyl (C=O) groups is 2. The van der Waals surface area contributed by atoms with Crippen LogP contribution in [0.2, 0.25) is 0 Å². The molecule has 1 unspecified atom stereocenters. The third-order valence-corrected chi connectivity index (χ3v) is 3.10. The second-order valence-electron chi connectivity index (χ2n) is 4.73. The fraction of sp³-hybridized carbons (Fsp3) is 0.333. The van der Waals surface area contributed by atoms with E-state index >= 15 is 0 Å². The number of fused-ring (bicyclic) bond motifs is 1. The van der Waals surface area contributed by atoms with Crippen molar-refractivity contribution in [3.63, 3.8) is 0 Å². The van der Waals surface area contributed by atoms with Crippen molar-refractivity contribution in [1.82, 2.24) is 0 Å². The molecular weight excluding hydrogens is 301 g/mol. The lowest BCUT2D eigenvalue weighted by Crippen LogP contribution is -2.41. The minimum atomic E-state index is -4.76. The lowest BCUT2D eigenvalue weighted by Gasteiger charge is -2.28. The first-order valence-electron chi connectivity index (χ1n) is 6.49. The van der Waals surface area contributed by atoms with Gasteiger partial charge in [-0.05, 0) is 37.6 Å². The molecule has 0 amide bonds. The number of aldehydes is 1. The van der Waals surface area contributed by atoms with E-state index in [-0.39, 0.29) is 23.5 Å². The largest absolute Gasteiger partial charge is 0.475 e. The molecule has 0 saturated heterocycles. The van der Waals surface area contributed by atoms with E-state index in [1.807, 2.05) is 0 Å². The zero-order valence-corrected chi connectivity index (χ0v) is 11.9. The summed E-state index contributed by atoms with van der Waals surface area (Å²) in [6.45, 7) is 2.97. The van der Waals surface area contributed by atoms with Gasteiger partial charge >= 0.3 is 12.1 Å². The monoisotopic (exact) mass is 314 g/mol. The van der Waals surface area contributed by atoms with Gasteiger partial charge < -0.3 is 9.47 Å². The van der Waals surface area contributed by atoms with Crippen LogP contribution >= 0.6 is 0 Å². The molecular formula is C15H13F3O4. The van der Waals surface area contributed by atoms with Crippen LogP contribution in [0.3, 0.4) is 0 Å². The van der Waals surface area contributed by atoms with E-state index in [4.69, 9.17) is 4.74 Å². The van der Waals surface area contributed by atoms with E-state index in [2.05, 4.69) is 4.74 Å². The Kier molecular flexibility index (Phi) is 4.25. The van der Waals surface area contributed by atoms with Crippen LogP contribution in [0.25, 0.3) is 6.08 Å². The second kappa shape index (κ2) is 5.82. The van der Waals surface area contributed by atoms with Crippen LogP contribution in [-0.4, -0.2) is 31.1 Å². The van der Waals surface area contributed by atoms with Gasteiger partial charge in [-0.15, -0.1) is 0 Å². The predicted molar refractivity (Wildman–Crippen MR) is 71.6 cm³/mol. The van der Waals surface area contributed by atoms with Gasteiger partial charge in [0.1, 0.15) is 12.0 Å². The molecule has 0 aliphatic carbocycles. The second-order valence-corrected chi connectivity index (χ2v) is 4.73. The third kappa shape index (κ3) is 2.98. The Balaban J connectivity index is 2.58. The number of benzene rings is 1. The van der Waals surface area contributed by atoms with E-state index in [9.17, 15) is 22.8 Å². The number of hydrogen-bond donors (Lipinski definition) is 0. The van der Waals surface area contributed by atoms with Gasteiger partial charge in [0.15, 0.2) is 0 Å². The molecule has 2 rings (SSSR count). The molecule has 118 valence electrons. The first-order valence-corrected chi connectivity index (χ1v) is 6.49. The summed E-state index contributed by atoms with van der Waals surface area (Å²) in [5.41, 5.74) is 0.271. The number of esters is 1. The standard InChI is InChI=1S/C15H13F3O4/c1-3-21-14(20)11-6-10-5-9(7-19)4-8(2)12(10)22-13(11)15(16,17)18/h4-7,13H,3H2,1-2H3. The van der Waals surface area contributed by atoms with Crippen molar-refractivity contribution < 1.29 is 32.2 Å². The number of aryl methyl sites for hydroxylation is 1. The van der Waals surface area contributed by atoms with Gasteiger partial charge in [-0.2, -0.15) is 13.2 Å². The average Bonchev–Trinajstić information content (AvgIpc) is 2.45. The zero-order chi connectivity index (χ0) is 16.5. The van der Waals surface area contributed by atoms with Gasteiger partial charge in [-0.3, -0.25) is 4.79 Å². The van der Waals surface area contributed by atoms with Gasteiger partial charge in [0.2, 0.25) is 6.10 Å². The number of ether oxygens (including phenoxy) is 2. The third-order valence-electron chi connectivity index (χ3n) is 3.10. The molecule has 0 aromatic heterocycles. The maximum absolute atomic E-state index is 13.1. The number of hydrogen-bond acceptors (Lipinski definition) is 4. The molecule has 22 heavy (non-hydrogen) atoms. The molecule has 1 aliphatic heterocycles. The Morgan fingerprint density at radius 2 is 2.09 bits per heavy atom. The Hall–Kier alpha value is -2.31. The Morgan fingerprint density at radius 3 is 2.64 bits per heavy atom. The average molecular weight is 314 g/mol. The molecule has 0 saturated carbocycles. The summed E-state index contributed by atoms with van der Waals surface area (Å²) in [4.78, 5) is 22.6. The summed E-state index contributed by atoms with van der Waals surface area (Å²) < 4.78 is 49.0. The first-order chi connectivity index (χ1) is 10.3. The van der Waals surface area contributed by atoms with Crippen LogP contribution in [0.5, 0.6) is 5.75 Å². The number of halogens is 3. The Morgan fingerprint density at radius 1 is 1.41 bits per heavy atom. The minimum absolute atomic E-state index is 0.000901. The van der Waals surface area contributed by atoms with E-state index in [0.717, 1.165) is 6.08 Å². The topological polar surface area (TPSA) is 52.6 Å². The smallest absolute Gasteiger partial charge is 0.430 e. The van der Waals surface area contributed by atoms with Crippen LogP contribution in [0.15, 0.2) is 17.7 Å². The molecule has 0 bridgehead atoms. The maximum atomic E-state index is 13.1. The van der Waals surface area contributed by atoms with E-state index < -0.39 is 23.8 Å². The van der Waals surface area contributed by atoms with Gasteiger partial charge in [-0.1, -0.05) is 0 Å². The maximum Gasteiger partial charge on any atom is 0.430 e. The summed E-state index contributed by atoms with van der Waals surface area (Å²) in [7, 11) is 0. The van der Waals surface area contributed by atoms with Crippen molar-refractivity contribution in [3.05, 3.63) is 34.4 Å². The Labute approximate surface area is 124 Å². The zero-order valence-electron chi connectivity index (χ0n) is 11.9. The number of rotatable bonds is 3. The van der Waals surface area contributed by atoms with Crippen molar-refractivity contribution in [3.8, 4) is 5.75 Å². The van der Waals surface area contributed by atoms with Gasteiger partial charge in [-0.25, -0.2) is 4.79 Å². The van der Waals surface area contributed by atoms with Gasteiger partial charge in [0.25, 0.3) is 0 Å². The summed E-state index contributed by atoms with van der Waals surface area (Å²) in [5, 5.41) is 0. The molecule has 1 aliphatic rings. The quantitative estimate of drug-likeness (QED) is 0.635. The van der Waals surface area contributed by atoms with Crippen molar-refractivity contribution >= 4 is 18.3 Å². The van der Waals surface area contributed by atoms with Crippen molar-refractivity contribution in [2.75, 3.05) is 6.61 Å². The van der Waals surface area contributed by atoms with Crippen LogP contribution < -0.4 is 4.74 Å². The Bertz CT molecular complexity index is 647. The van der Waals surface area contributed by atoms with Crippen molar-refractivity contribution in [1.29, 1.82) is 0 Å². The normalized spacial score (nSPS) is 17.1. The fourth-order valence-corrected chi connectivity index (χ4v) is 2.21. The van der Waals surface area contributed by atoms with E-state index in [1.54, 1.807) is 0 Å². The molecule has 0 fully saturated rings. The van der Waals surface area contributed by atoms with Crippen LogP contribution in [0.4, 0.5) is 13.2 Å². The summed E-state index contributed by atoms with van der Waals surface area (Å²) in [6.07, 6.45) is -5.51. The molecule has 0 radical (unpaired) electrons. The highest BCUT2D eigenvalue weighted by Crippen LogP contribution is 2.39. The highest BCUT2D eigenvalue weighted by molar-refractivity contribution is 5.97. The lowest BCUT2D eigenvalue weighted by molar-refractivity contribution is -0.188. The molecule has 1 aromatic carbocycles. The molecule has 1 atom stereocenters. The molecule has 1 aromatic rings. The number of carbonyl (C=O) groups excluding carboxylic acids is 2. The highest BCUT2D eigenvalue weighted by Gasteiger charge is 2.49. The SMILES string of the molecule is CCOC(=O)C1=Cc2cc(C=O)cc(C)c2OC1C(F)(F)F. The molecule has 4 nitrogen and oxygen atoms in total. The fourth-order valence-electron chi connectivity index (χ4n) is 2.21. The van der Waals surface area contributed by atoms with Crippen LogP contribution in [0, 0.1) is 6.92 Å². The highest BCUT2D eigenvalue weighted by atomic mass is 19.4. The molecule has 0 N–H and O–H groups in total. The van der Waals surface area contributed by atoms with Gasteiger partial charge in [0.05, 0.1) is 12.2 Å². The van der Waals surface area contributed by atoms with Crippen LogP contribution in [-0.2, 0) is 9.53 Å². The molecule has 1 heterocycles. The lowest BCUT2D eigenvalue weighted by atomic mass is 9.97. The summed E-state index contributed by atoms with van der Waals surface area (Å²) >= 11 is 0.